The first-order valence-corrected chi connectivity index (χ1v) is 6.34. The van der Waals surface area contributed by atoms with Gasteiger partial charge in [0.25, 0.3) is 0 Å². The Labute approximate surface area is 117 Å². The molecule has 0 spiro atoms. The number of benzene rings is 2. The van der Waals surface area contributed by atoms with Crippen LogP contribution in [-0.2, 0) is 13.1 Å². The van der Waals surface area contributed by atoms with Crippen LogP contribution in [0.4, 0.5) is 4.39 Å². The standard InChI is InChI=1S/C15H15ClFNO/c1-18(9-11-5-2-3-8-15(11)19)10-12-13(16)6-4-7-14(12)17/h2-8,19H,9-10H2,1H3. The van der Waals surface area contributed by atoms with E-state index < -0.39 is 0 Å². The number of para-hydroxylation sites is 1. The van der Waals surface area contributed by atoms with Crippen LogP contribution < -0.4 is 0 Å². The van der Waals surface area contributed by atoms with Crippen LogP contribution in [0, 0.1) is 5.82 Å². The van der Waals surface area contributed by atoms with Gasteiger partial charge in [-0.2, -0.15) is 0 Å². The number of rotatable bonds is 4. The van der Waals surface area contributed by atoms with Crippen LogP contribution >= 0.6 is 11.6 Å². The van der Waals surface area contributed by atoms with Crippen molar-refractivity contribution in [3.63, 3.8) is 0 Å². The fraction of sp³-hybridized carbons (Fsp3) is 0.200. The molecular weight excluding hydrogens is 265 g/mol. The van der Waals surface area contributed by atoms with Gasteiger partial charge < -0.3 is 5.11 Å². The molecule has 2 aromatic rings. The molecule has 2 nitrogen and oxygen atoms in total. The second-order valence-electron chi connectivity index (χ2n) is 4.50. The Kier molecular flexibility index (Phi) is 4.40. The lowest BCUT2D eigenvalue weighted by atomic mass is 10.1. The molecule has 0 aliphatic rings. The van der Waals surface area contributed by atoms with Crippen molar-refractivity contribution < 1.29 is 9.50 Å². The average Bonchev–Trinajstić information content (AvgIpc) is 2.37. The molecule has 0 saturated carbocycles. The molecule has 0 atom stereocenters. The average molecular weight is 280 g/mol. The molecule has 100 valence electrons. The molecule has 19 heavy (non-hydrogen) atoms. The van der Waals surface area contributed by atoms with Crippen molar-refractivity contribution in [1.82, 2.24) is 4.90 Å². The normalized spacial score (nSPS) is 10.9. The van der Waals surface area contributed by atoms with Gasteiger partial charge >= 0.3 is 0 Å². The van der Waals surface area contributed by atoms with Crippen molar-refractivity contribution in [3.05, 3.63) is 64.4 Å². The molecule has 0 radical (unpaired) electrons. The SMILES string of the molecule is CN(Cc1ccccc1O)Cc1c(F)cccc1Cl. The molecule has 0 unspecified atom stereocenters. The highest BCUT2D eigenvalue weighted by Crippen LogP contribution is 2.22. The van der Waals surface area contributed by atoms with E-state index in [2.05, 4.69) is 0 Å². The van der Waals surface area contributed by atoms with Gasteiger partial charge in [-0.1, -0.05) is 35.9 Å². The molecule has 0 bridgehead atoms. The van der Waals surface area contributed by atoms with Crippen LogP contribution in [0.25, 0.3) is 0 Å². The van der Waals surface area contributed by atoms with E-state index in [1.54, 1.807) is 24.3 Å². The molecule has 2 rings (SSSR count). The number of hydrogen-bond donors (Lipinski definition) is 1. The molecule has 0 amide bonds. The zero-order chi connectivity index (χ0) is 13.8. The number of nitrogens with zero attached hydrogens (tertiary/aromatic N) is 1. The van der Waals surface area contributed by atoms with Crippen LogP contribution in [0.3, 0.4) is 0 Å². The summed E-state index contributed by atoms with van der Waals surface area (Å²) in [6.45, 7) is 0.914. The van der Waals surface area contributed by atoms with Gasteiger partial charge in [-0.15, -0.1) is 0 Å². The summed E-state index contributed by atoms with van der Waals surface area (Å²) in [6, 6.07) is 11.8. The Morgan fingerprint density at radius 2 is 1.84 bits per heavy atom. The van der Waals surface area contributed by atoms with Gasteiger partial charge in [0.2, 0.25) is 0 Å². The smallest absolute Gasteiger partial charge is 0.129 e. The van der Waals surface area contributed by atoms with E-state index in [1.807, 2.05) is 24.1 Å². The van der Waals surface area contributed by atoms with Crippen molar-refractivity contribution in [2.45, 2.75) is 13.1 Å². The lowest BCUT2D eigenvalue weighted by Crippen LogP contribution is -2.18. The highest BCUT2D eigenvalue weighted by atomic mass is 35.5. The Morgan fingerprint density at radius 1 is 1.11 bits per heavy atom. The van der Waals surface area contributed by atoms with Gasteiger partial charge in [-0.3, -0.25) is 4.90 Å². The number of phenolic OH excluding ortho intramolecular Hbond substituents is 1. The third-order valence-corrected chi connectivity index (χ3v) is 3.28. The summed E-state index contributed by atoms with van der Waals surface area (Å²) < 4.78 is 13.7. The van der Waals surface area contributed by atoms with E-state index in [-0.39, 0.29) is 11.6 Å². The minimum atomic E-state index is -0.309. The highest BCUT2D eigenvalue weighted by molar-refractivity contribution is 6.31. The predicted octanol–water partition coefficient (Wildman–Crippen LogP) is 3.82. The first-order chi connectivity index (χ1) is 9.08. The largest absolute Gasteiger partial charge is 0.508 e. The molecular formula is C15H15ClFNO. The van der Waals surface area contributed by atoms with Crippen molar-refractivity contribution in [3.8, 4) is 5.75 Å². The molecule has 0 aliphatic heterocycles. The summed E-state index contributed by atoms with van der Waals surface area (Å²) in [5, 5.41) is 10.1. The first-order valence-electron chi connectivity index (χ1n) is 5.96. The van der Waals surface area contributed by atoms with Crippen LogP contribution in [0.15, 0.2) is 42.5 Å². The van der Waals surface area contributed by atoms with Crippen LogP contribution in [0.2, 0.25) is 5.02 Å². The minimum absolute atomic E-state index is 0.244. The summed E-state index contributed by atoms with van der Waals surface area (Å²) in [7, 11) is 1.86. The van der Waals surface area contributed by atoms with E-state index in [4.69, 9.17) is 11.6 Å². The molecule has 4 heteroatoms. The number of aromatic hydroxyl groups is 1. The Hall–Kier alpha value is -1.58. The Bertz CT molecular complexity index is 554. The fourth-order valence-corrected chi connectivity index (χ4v) is 2.17. The molecule has 1 N–H and O–H groups in total. The van der Waals surface area contributed by atoms with Gasteiger partial charge in [0.05, 0.1) is 0 Å². The van der Waals surface area contributed by atoms with Gasteiger partial charge in [0, 0.05) is 29.2 Å². The minimum Gasteiger partial charge on any atom is -0.508 e. The van der Waals surface area contributed by atoms with E-state index in [1.165, 1.54) is 6.07 Å². The van der Waals surface area contributed by atoms with E-state index in [9.17, 15) is 9.50 Å². The molecule has 0 heterocycles. The molecule has 0 aromatic heterocycles. The molecule has 2 aromatic carbocycles. The number of halogens is 2. The molecule has 0 aliphatic carbocycles. The fourth-order valence-electron chi connectivity index (χ4n) is 1.94. The second kappa shape index (κ2) is 6.04. The Morgan fingerprint density at radius 3 is 2.53 bits per heavy atom. The zero-order valence-corrected chi connectivity index (χ0v) is 11.4. The molecule has 0 fully saturated rings. The summed E-state index contributed by atoms with van der Waals surface area (Å²) in [5.74, 6) is -0.0642. The van der Waals surface area contributed by atoms with Crippen molar-refractivity contribution >= 4 is 11.6 Å². The molecule has 0 saturated heterocycles. The van der Waals surface area contributed by atoms with E-state index in [0.717, 1.165) is 5.56 Å². The topological polar surface area (TPSA) is 23.5 Å². The van der Waals surface area contributed by atoms with Gasteiger partial charge in [-0.25, -0.2) is 4.39 Å². The monoisotopic (exact) mass is 279 g/mol. The zero-order valence-electron chi connectivity index (χ0n) is 10.6. The number of phenols is 1. The maximum atomic E-state index is 13.7. The highest BCUT2D eigenvalue weighted by Gasteiger charge is 2.11. The maximum absolute atomic E-state index is 13.7. The van der Waals surface area contributed by atoms with Crippen molar-refractivity contribution in [2.24, 2.45) is 0 Å². The van der Waals surface area contributed by atoms with Crippen molar-refractivity contribution in [1.29, 1.82) is 0 Å². The summed E-state index contributed by atoms with van der Waals surface area (Å²) >= 11 is 5.99. The lowest BCUT2D eigenvalue weighted by molar-refractivity contribution is 0.307. The summed E-state index contributed by atoms with van der Waals surface area (Å²) in [6.07, 6.45) is 0. The third kappa shape index (κ3) is 3.46. The van der Waals surface area contributed by atoms with E-state index in [0.29, 0.717) is 23.7 Å². The number of hydrogen-bond acceptors (Lipinski definition) is 2. The Balaban J connectivity index is 2.10. The predicted molar refractivity (Wildman–Crippen MR) is 74.7 cm³/mol. The summed E-state index contributed by atoms with van der Waals surface area (Å²) in [4.78, 5) is 1.90. The van der Waals surface area contributed by atoms with Gasteiger partial charge in [0.1, 0.15) is 11.6 Å². The lowest BCUT2D eigenvalue weighted by Gasteiger charge is -2.18. The third-order valence-electron chi connectivity index (χ3n) is 2.92. The van der Waals surface area contributed by atoms with Crippen LogP contribution in [-0.4, -0.2) is 17.1 Å². The quantitative estimate of drug-likeness (QED) is 0.920. The van der Waals surface area contributed by atoms with Crippen molar-refractivity contribution in [2.75, 3.05) is 7.05 Å². The second-order valence-corrected chi connectivity index (χ2v) is 4.91. The van der Waals surface area contributed by atoms with Gasteiger partial charge in [0.15, 0.2) is 0 Å². The van der Waals surface area contributed by atoms with Crippen LogP contribution in [0.1, 0.15) is 11.1 Å². The maximum Gasteiger partial charge on any atom is 0.129 e. The van der Waals surface area contributed by atoms with Crippen LogP contribution in [0.5, 0.6) is 5.75 Å². The summed E-state index contributed by atoms with van der Waals surface area (Å²) in [5.41, 5.74) is 1.28. The van der Waals surface area contributed by atoms with Gasteiger partial charge in [-0.05, 0) is 25.2 Å². The van der Waals surface area contributed by atoms with E-state index >= 15 is 0 Å². The first kappa shape index (κ1) is 13.8.